The zero-order valence-corrected chi connectivity index (χ0v) is 18.7. The van der Waals surface area contributed by atoms with E-state index >= 15 is 0 Å². The van der Waals surface area contributed by atoms with Crippen molar-refractivity contribution in [2.24, 2.45) is 0 Å². The van der Waals surface area contributed by atoms with Crippen molar-refractivity contribution in [3.05, 3.63) is 59.5 Å². The molecule has 5 rings (SSSR count). The summed E-state index contributed by atoms with van der Waals surface area (Å²) in [6, 6.07) is 8.06. The van der Waals surface area contributed by atoms with Crippen LogP contribution in [0.4, 0.5) is 24.8 Å². The van der Waals surface area contributed by atoms with Crippen molar-refractivity contribution in [2.45, 2.75) is 32.5 Å². The van der Waals surface area contributed by atoms with Gasteiger partial charge in [0.2, 0.25) is 0 Å². The average Bonchev–Trinajstić information content (AvgIpc) is 3.43. The first-order valence-corrected chi connectivity index (χ1v) is 11.4. The van der Waals surface area contributed by atoms with E-state index in [9.17, 15) is 13.2 Å². The summed E-state index contributed by atoms with van der Waals surface area (Å²) in [4.78, 5) is 19.8. The number of fused-ring (bicyclic) bond motifs is 1. The van der Waals surface area contributed by atoms with Crippen molar-refractivity contribution in [1.29, 1.82) is 0 Å². The standard InChI is InChI=1S/C23H21F3N6S/c1-14-5-4-8-27-21(14)22-30-16-11-20(28-12-18(16)33-22)31-19-7-6-15(23(24,25)26)17(29-19)13-32-9-2-3-10-32/h4-8,11-12H,2-3,9-10,13H2,1H3,(H,28,29,31). The predicted octanol–water partition coefficient (Wildman–Crippen LogP) is 5.81. The summed E-state index contributed by atoms with van der Waals surface area (Å²) in [6.45, 7) is 3.73. The molecule has 0 amide bonds. The van der Waals surface area contributed by atoms with Crippen LogP contribution in [0.1, 0.15) is 29.7 Å². The van der Waals surface area contributed by atoms with E-state index in [0.29, 0.717) is 11.6 Å². The third-order valence-corrected chi connectivity index (χ3v) is 6.61. The Bertz CT molecular complexity index is 1300. The first-order valence-electron chi connectivity index (χ1n) is 10.6. The fourth-order valence-electron chi connectivity index (χ4n) is 3.95. The van der Waals surface area contributed by atoms with Gasteiger partial charge >= 0.3 is 6.18 Å². The Hall–Kier alpha value is -3.11. The molecule has 0 saturated carbocycles. The molecule has 1 aliphatic rings. The topological polar surface area (TPSA) is 66.8 Å². The first kappa shape index (κ1) is 21.7. The van der Waals surface area contributed by atoms with Crippen molar-refractivity contribution in [2.75, 3.05) is 18.4 Å². The number of anilines is 2. The lowest BCUT2D eigenvalue weighted by Gasteiger charge is -2.19. The van der Waals surface area contributed by atoms with E-state index in [0.717, 1.165) is 58.5 Å². The zero-order chi connectivity index (χ0) is 23.0. The highest BCUT2D eigenvalue weighted by Gasteiger charge is 2.35. The number of hydrogen-bond donors (Lipinski definition) is 1. The minimum absolute atomic E-state index is 0.0250. The lowest BCUT2D eigenvalue weighted by atomic mass is 10.1. The van der Waals surface area contributed by atoms with Gasteiger partial charge in [-0.2, -0.15) is 13.2 Å². The number of halogens is 3. The highest BCUT2D eigenvalue weighted by Crippen LogP contribution is 2.34. The molecule has 0 atom stereocenters. The van der Waals surface area contributed by atoms with Crippen molar-refractivity contribution >= 4 is 33.2 Å². The Kier molecular flexibility index (Phi) is 5.71. The zero-order valence-electron chi connectivity index (χ0n) is 17.9. The van der Waals surface area contributed by atoms with Gasteiger partial charge in [-0.25, -0.2) is 15.0 Å². The van der Waals surface area contributed by atoms with Crippen LogP contribution in [0.25, 0.3) is 20.9 Å². The summed E-state index contributed by atoms with van der Waals surface area (Å²) in [5.41, 5.74) is 1.92. The lowest BCUT2D eigenvalue weighted by Crippen LogP contribution is -2.22. The van der Waals surface area contributed by atoms with E-state index in [1.54, 1.807) is 18.5 Å². The van der Waals surface area contributed by atoms with E-state index in [-0.39, 0.29) is 12.2 Å². The highest BCUT2D eigenvalue weighted by atomic mass is 32.1. The van der Waals surface area contributed by atoms with Crippen LogP contribution in [0, 0.1) is 6.92 Å². The number of aromatic nitrogens is 4. The van der Waals surface area contributed by atoms with Gasteiger partial charge < -0.3 is 5.32 Å². The molecule has 1 fully saturated rings. The molecule has 6 nitrogen and oxygen atoms in total. The Morgan fingerprint density at radius 3 is 2.64 bits per heavy atom. The van der Waals surface area contributed by atoms with Gasteiger partial charge in [-0.1, -0.05) is 6.07 Å². The monoisotopic (exact) mass is 470 g/mol. The minimum Gasteiger partial charge on any atom is -0.325 e. The molecular weight excluding hydrogens is 449 g/mol. The normalized spacial score (nSPS) is 14.8. The maximum atomic E-state index is 13.5. The number of pyridine rings is 3. The molecular formula is C23H21F3N6S. The molecule has 0 aliphatic carbocycles. The van der Waals surface area contributed by atoms with Gasteiger partial charge in [0, 0.05) is 25.0 Å². The molecule has 1 saturated heterocycles. The molecule has 1 N–H and O–H groups in total. The molecule has 0 unspecified atom stereocenters. The van der Waals surface area contributed by atoms with E-state index in [4.69, 9.17) is 0 Å². The van der Waals surface area contributed by atoms with Gasteiger partial charge in [-0.05, 0) is 56.6 Å². The van der Waals surface area contributed by atoms with Crippen LogP contribution in [0.2, 0.25) is 0 Å². The maximum Gasteiger partial charge on any atom is 0.418 e. The minimum atomic E-state index is -4.45. The van der Waals surface area contributed by atoms with E-state index in [2.05, 4.69) is 25.3 Å². The number of hydrogen-bond acceptors (Lipinski definition) is 7. The number of thiazole rings is 1. The predicted molar refractivity (Wildman–Crippen MR) is 122 cm³/mol. The van der Waals surface area contributed by atoms with Crippen molar-refractivity contribution < 1.29 is 13.2 Å². The smallest absolute Gasteiger partial charge is 0.325 e. The Labute approximate surface area is 192 Å². The van der Waals surface area contributed by atoms with Crippen LogP contribution in [0.15, 0.2) is 42.7 Å². The van der Waals surface area contributed by atoms with Crippen LogP contribution in [-0.4, -0.2) is 37.9 Å². The van der Waals surface area contributed by atoms with E-state index < -0.39 is 11.7 Å². The second-order valence-corrected chi connectivity index (χ2v) is 9.05. The summed E-state index contributed by atoms with van der Waals surface area (Å²) < 4.78 is 41.5. The number of likely N-dealkylation sites (tertiary alicyclic amines) is 1. The Balaban J connectivity index is 1.43. The fraction of sp³-hybridized carbons (Fsp3) is 0.304. The maximum absolute atomic E-state index is 13.5. The molecule has 0 spiro atoms. The van der Waals surface area contributed by atoms with Crippen LogP contribution >= 0.6 is 11.3 Å². The molecule has 0 aromatic carbocycles. The Morgan fingerprint density at radius 1 is 1.06 bits per heavy atom. The average molecular weight is 471 g/mol. The summed E-state index contributed by atoms with van der Waals surface area (Å²) in [6.07, 6.45) is 0.980. The van der Waals surface area contributed by atoms with Gasteiger partial charge in [0.1, 0.15) is 22.3 Å². The van der Waals surface area contributed by atoms with Crippen molar-refractivity contribution in [3.63, 3.8) is 0 Å². The first-order chi connectivity index (χ1) is 15.9. The second kappa shape index (κ2) is 8.68. The quantitative estimate of drug-likeness (QED) is 0.397. The van der Waals surface area contributed by atoms with Crippen LogP contribution in [-0.2, 0) is 12.7 Å². The van der Waals surface area contributed by atoms with Crippen molar-refractivity contribution in [3.8, 4) is 10.7 Å². The summed E-state index contributed by atoms with van der Waals surface area (Å²) in [7, 11) is 0. The SMILES string of the molecule is Cc1cccnc1-c1nc2cc(Nc3ccc(C(F)(F)F)c(CN4CCCC4)n3)ncc2s1. The number of aryl methyl sites for hydroxylation is 1. The molecule has 5 heterocycles. The number of nitrogens with one attached hydrogen (secondary N) is 1. The lowest BCUT2D eigenvalue weighted by molar-refractivity contribution is -0.138. The van der Waals surface area contributed by atoms with E-state index in [1.165, 1.54) is 17.4 Å². The molecule has 170 valence electrons. The number of nitrogens with zero attached hydrogens (tertiary/aromatic N) is 5. The Morgan fingerprint density at radius 2 is 1.88 bits per heavy atom. The third-order valence-electron chi connectivity index (χ3n) is 5.60. The summed E-state index contributed by atoms with van der Waals surface area (Å²) in [5.74, 6) is 0.788. The van der Waals surface area contributed by atoms with Crippen LogP contribution < -0.4 is 5.32 Å². The molecule has 4 aromatic rings. The number of alkyl halides is 3. The van der Waals surface area contributed by atoms with Crippen molar-refractivity contribution in [1.82, 2.24) is 24.8 Å². The summed E-state index contributed by atoms with van der Waals surface area (Å²) in [5, 5.41) is 3.84. The third kappa shape index (κ3) is 4.67. The van der Waals surface area contributed by atoms with Crippen LogP contribution in [0.5, 0.6) is 0 Å². The van der Waals surface area contributed by atoms with Gasteiger partial charge in [-0.3, -0.25) is 9.88 Å². The van der Waals surface area contributed by atoms with Gasteiger partial charge in [-0.15, -0.1) is 11.3 Å². The fourth-order valence-corrected chi connectivity index (χ4v) is 4.92. The van der Waals surface area contributed by atoms with Crippen LogP contribution in [0.3, 0.4) is 0 Å². The second-order valence-electron chi connectivity index (χ2n) is 8.02. The molecule has 10 heteroatoms. The van der Waals surface area contributed by atoms with Gasteiger partial charge in [0.25, 0.3) is 0 Å². The molecule has 4 aromatic heterocycles. The molecule has 0 radical (unpaired) electrons. The van der Waals surface area contributed by atoms with Gasteiger partial charge in [0.05, 0.1) is 21.5 Å². The molecule has 0 bridgehead atoms. The highest BCUT2D eigenvalue weighted by molar-refractivity contribution is 7.21. The van der Waals surface area contributed by atoms with E-state index in [1.807, 2.05) is 24.0 Å². The number of rotatable bonds is 5. The summed E-state index contributed by atoms with van der Waals surface area (Å²) >= 11 is 1.49. The molecule has 1 aliphatic heterocycles. The van der Waals surface area contributed by atoms with Gasteiger partial charge in [0.15, 0.2) is 0 Å². The largest absolute Gasteiger partial charge is 0.418 e. The molecule has 33 heavy (non-hydrogen) atoms.